The Kier molecular flexibility index (Phi) is 1.50. The predicted octanol–water partition coefficient (Wildman–Crippen LogP) is 3.51. The highest BCUT2D eigenvalue weighted by atomic mass is 15.1. The van der Waals surface area contributed by atoms with Crippen LogP contribution in [0.2, 0.25) is 0 Å². The van der Waals surface area contributed by atoms with E-state index in [4.69, 9.17) is 4.98 Å². The molecule has 0 spiro atoms. The summed E-state index contributed by atoms with van der Waals surface area (Å²) < 4.78 is 0. The summed E-state index contributed by atoms with van der Waals surface area (Å²) in [6.45, 7) is 2.10. The summed E-state index contributed by atoms with van der Waals surface area (Å²) in [5.74, 6) is 0. The van der Waals surface area contributed by atoms with E-state index < -0.39 is 0 Å². The summed E-state index contributed by atoms with van der Waals surface area (Å²) in [4.78, 5) is 4.76. The van der Waals surface area contributed by atoms with Crippen LogP contribution in [0.1, 0.15) is 5.56 Å². The van der Waals surface area contributed by atoms with Gasteiger partial charge in [0.1, 0.15) is 0 Å². The van der Waals surface area contributed by atoms with Crippen molar-refractivity contribution in [1.82, 2.24) is 15.2 Å². The Morgan fingerprint density at radius 3 is 2.82 bits per heavy atom. The smallest absolute Gasteiger partial charge is 0.0972 e. The van der Waals surface area contributed by atoms with Crippen LogP contribution in [0, 0.1) is 6.92 Å². The van der Waals surface area contributed by atoms with Gasteiger partial charge in [-0.1, -0.05) is 30.3 Å². The SMILES string of the molecule is Cc1cccc2c1nc1c2ccc2c[nH][nH]c21. The highest BCUT2D eigenvalue weighted by Gasteiger charge is 2.10. The minimum Gasteiger partial charge on any atom is -0.307 e. The standard InChI is InChI=1S/C14H11N3/c1-8-3-2-4-10-11-6-5-9-7-15-17-13(9)14(11)16-12(8)10/h2-7,15,17H,1H3. The quantitative estimate of drug-likeness (QED) is 0.469. The number of benzene rings is 2. The largest absolute Gasteiger partial charge is 0.307 e. The van der Waals surface area contributed by atoms with Crippen molar-refractivity contribution < 1.29 is 0 Å². The second-order valence-corrected chi connectivity index (χ2v) is 4.42. The summed E-state index contributed by atoms with van der Waals surface area (Å²) in [7, 11) is 0. The molecule has 3 heteroatoms. The molecule has 2 aromatic heterocycles. The fraction of sp³-hybridized carbons (Fsp3) is 0.0714. The van der Waals surface area contributed by atoms with E-state index in [1.54, 1.807) is 0 Å². The van der Waals surface area contributed by atoms with Crippen LogP contribution in [-0.4, -0.2) is 15.2 Å². The van der Waals surface area contributed by atoms with Gasteiger partial charge in [0, 0.05) is 22.4 Å². The van der Waals surface area contributed by atoms with Gasteiger partial charge in [-0.05, 0) is 12.5 Å². The van der Waals surface area contributed by atoms with Crippen LogP contribution in [0.4, 0.5) is 0 Å². The number of aromatic amines is 2. The molecule has 0 amide bonds. The summed E-state index contributed by atoms with van der Waals surface area (Å²) >= 11 is 0. The van der Waals surface area contributed by atoms with Crippen LogP contribution in [0.5, 0.6) is 0 Å². The molecule has 3 nitrogen and oxygen atoms in total. The zero-order valence-electron chi connectivity index (χ0n) is 9.41. The van der Waals surface area contributed by atoms with Crippen LogP contribution in [-0.2, 0) is 0 Å². The van der Waals surface area contributed by atoms with Gasteiger partial charge in [0.15, 0.2) is 0 Å². The second-order valence-electron chi connectivity index (χ2n) is 4.42. The Hall–Kier alpha value is -2.29. The van der Waals surface area contributed by atoms with Gasteiger partial charge >= 0.3 is 0 Å². The number of para-hydroxylation sites is 1. The van der Waals surface area contributed by atoms with Crippen molar-refractivity contribution in [1.29, 1.82) is 0 Å². The number of fused-ring (bicyclic) bond motifs is 5. The molecule has 2 aromatic carbocycles. The molecule has 0 aliphatic carbocycles. The van der Waals surface area contributed by atoms with E-state index in [0.29, 0.717) is 0 Å². The minimum absolute atomic E-state index is 1.05. The molecule has 0 saturated carbocycles. The Morgan fingerprint density at radius 1 is 1.00 bits per heavy atom. The van der Waals surface area contributed by atoms with E-state index in [0.717, 1.165) is 21.9 Å². The zero-order chi connectivity index (χ0) is 11.4. The average molecular weight is 221 g/mol. The first-order chi connectivity index (χ1) is 8.34. The molecule has 0 fully saturated rings. The summed E-state index contributed by atoms with van der Waals surface area (Å²) in [5, 5.41) is 9.79. The number of aromatic nitrogens is 3. The zero-order valence-corrected chi connectivity index (χ0v) is 9.41. The lowest BCUT2D eigenvalue weighted by atomic mass is 10.1. The number of H-pyrrole nitrogens is 2. The van der Waals surface area contributed by atoms with Crippen molar-refractivity contribution >= 4 is 32.7 Å². The molecule has 0 bridgehead atoms. The van der Waals surface area contributed by atoms with Crippen molar-refractivity contribution in [3.8, 4) is 0 Å². The van der Waals surface area contributed by atoms with E-state index >= 15 is 0 Å². The monoisotopic (exact) mass is 221 g/mol. The van der Waals surface area contributed by atoms with Crippen molar-refractivity contribution in [3.05, 3.63) is 42.1 Å². The number of hydrogen-bond acceptors (Lipinski definition) is 1. The molecular formula is C14H11N3. The highest BCUT2D eigenvalue weighted by molar-refractivity contribution is 6.16. The minimum atomic E-state index is 1.05. The summed E-state index contributed by atoms with van der Waals surface area (Å²) in [6, 6.07) is 10.6. The second kappa shape index (κ2) is 2.88. The molecule has 4 rings (SSSR count). The number of rotatable bonds is 0. The predicted molar refractivity (Wildman–Crippen MR) is 70.2 cm³/mol. The van der Waals surface area contributed by atoms with Crippen molar-refractivity contribution in [2.45, 2.75) is 6.92 Å². The normalized spacial score (nSPS) is 11.8. The van der Waals surface area contributed by atoms with Crippen molar-refractivity contribution in [3.63, 3.8) is 0 Å². The van der Waals surface area contributed by atoms with Gasteiger partial charge in [-0.3, -0.25) is 5.10 Å². The van der Waals surface area contributed by atoms with E-state index in [2.05, 4.69) is 47.5 Å². The van der Waals surface area contributed by atoms with Gasteiger partial charge in [-0.2, -0.15) is 0 Å². The molecule has 2 heterocycles. The molecule has 4 aromatic rings. The maximum atomic E-state index is 4.76. The van der Waals surface area contributed by atoms with Gasteiger partial charge in [-0.25, -0.2) is 4.98 Å². The third-order valence-corrected chi connectivity index (χ3v) is 3.39. The Bertz CT molecular complexity index is 852. The van der Waals surface area contributed by atoms with Crippen molar-refractivity contribution in [2.24, 2.45) is 0 Å². The molecule has 17 heavy (non-hydrogen) atoms. The van der Waals surface area contributed by atoms with Gasteiger partial charge in [-0.15, -0.1) is 0 Å². The van der Waals surface area contributed by atoms with Gasteiger partial charge in [0.05, 0.1) is 16.6 Å². The van der Waals surface area contributed by atoms with Gasteiger partial charge in [0.2, 0.25) is 0 Å². The Morgan fingerprint density at radius 2 is 1.88 bits per heavy atom. The Labute approximate surface area is 97.4 Å². The van der Waals surface area contributed by atoms with Gasteiger partial charge in [0.25, 0.3) is 0 Å². The first-order valence-electron chi connectivity index (χ1n) is 5.68. The third-order valence-electron chi connectivity index (χ3n) is 3.39. The van der Waals surface area contributed by atoms with Gasteiger partial charge < -0.3 is 5.10 Å². The number of nitrogens with one attached hydrogen (secondary N) is 2. The fourth-order valence-corrected chi connectivity index (χ4v) is 2.51. The molecule has 0 aliphatic rings. The van der Waals surface area contributed by atoms with Crippen LogP contribution in [0.3, 0.4) is 0 Å². The topological polar surface area (TPSA) is 44.5 Å². The third kappa shape index (κ3) is 1.03. The lowest BCUT2D eigenvalue weighted by Crippen LogP contribution is -1.74. The number of aryl methyl sites for hydroxylation is 1. The van der Waals surface area contributed by atoms with E-state index in [9.17, 15) is 0 Å². The summed E-state index contributed by atoms with van der Waals surface area (Å²) in [5.41, 5.74) is 4.46. The molecule has 0 atom stereocenters. The Balaban J connectivity index is 2.36. The first kappa shape index (κ1) is 8.82. The highest BCUT2D eigenvalue weighted by Crippen LogP contribution is 2.31. The van der Waals surface area contributed by atoms with E-state index in [1.807, 2.05) is 6.20 Å². The van der Waals surface area contributed by atoms with Crippen LogP contribution in [0.25, 0.3) is 32.7 Å². The molecule has 0 saturated heterocycles. The average Bonchev–Trinajstić information content (AvgIpc) is 2.91. The molecule has 2 N–H and O–H groups in total. The number of nitrogens with zero attached hydrogens (tertiary/aromatic N) is 1. The maximum Gasteiger partial charge on any atom is 0.0972 e. The van der Waals surface area contributed by atoms with Crippen LogP contribution >= 0.6 is 0 Å². The van der Waals surface area contributed by atoms with Crippen LogP contribution in [0.15, 0.2) is 36.5 Å². The molecule has 0 radical (unpaired) electrons. The molecule has 82 valence electrons. The first-order valence-corrected chi connectivity index (χ1v) is 5.68. The molecular weight excluding hydrogens is 210 g/mol. The lowest BCUT2D eigenvalue weighted by Gasteiger charge is -1.93. The van der Waals surface area contributed by atoms with Crippen molar-refractivity contribution in [2.75, 3.05) is 0 Å². The maximum absolute atomic E-state index is 4.76. The molecule has 0 aliphatic heterocycles. The van der Waals surface area contributed by atoms with Crippen LogP contribution < -0.4 is 0 Å². The van der Waals surface area contributed by atoms with E-state index in [1.165, 1.54) is 16.3 Å². The fourth-order valence-electron chi connectivity index (χ4n) is 2.51. The lowest BCUT2D eigenvalue weighted by molar-refractivity contribution is 1.12. The van der Waals surface area contributed by atoms with E-state index in [-0.39, 0.29) is 0 Å². The molecule has 0 unspecified atom stereocenters. The number of hydrogen-bond donors (Lipinski definition) is 2. The summed E-state index contributed by atoms with van der Waals surface area (Å²) in [6.07, 6.45) is 1.96.